The summed E-state index contributed by atoms with van der Waals surface area (Å²) in [6, 6.07) is 14.5. The number of carbonyl (C=O) groups excluding carboxylic acids is 2. The van der Waals surface area contributed by atoms with E-state index in [4.69, 9.17) is 4.65 Å². The number of amides is 2. The topological polar surface area (TPSA) is 87.1 Å². The summed E-state index contributed by atoms with van der Waals surface area (Å²) in [5, 5.41) is 21.1. The number of carbonyl (C=O) groups is 2. The van der Waals surface area contributed by atoms with Crippen LogP contribution in [0.25, 0.3) is 6.08 Å². The zero-order valence-electron chi connectivity index (χ0n) is 22.6. The number of hydrogen-bond donors (Lipinski definition) is 2. The fourth-order valence-corrected chi connectivity index (χ4v) is 6.99. The zero-order valence-corrected chi connectivity index (χ0v) is 24.2. The molecule has 2 amide bonds. The molecule has 2 fully saturated rings. The third-order valence-corrected chi connectivity index (χ3v) is 8.98. The van der Waals surface area contributed by atoms with Gasteiger partial charge in [-0.1, -0.05) is 72.1 Å². The molecule has 2 aromatic carbocycles. The predicted octanol–water partition coefficient (Wildman–Crippen LogP) is 6.39. The summed E-state index contributed by atoms with van der Waals surface area (Å²) in [6.07, 6.45) is 4.71. The molecule has 39 heavy (non-hydrogen) atoms. The van der Waals surface area contributed by atoms with Crippen LogP contribution in [0.4, 0.5) is 5.69 Å². The van der Waals surface area contributed by atoms with Crippen molar-refractivity contribution in [1.82, 2.24) is 0 Å². The predicted molar refractivity (Wildman–Crippen MR) is 157 cm³/mol. The highest BCUT2D eigenvalue weighted by Gasteiger charge is 2.57. The summed E-state index contributed by atoms with van der Waals surface area (Å²) >= 11 is 3.48. The first-order valence-electron chi connectivity index (χ1n) is 13.9. The molecule has 0 saturated carbocycles. The van der Waals surface area contributed by atoms with Crippen LogP contribution in [0.1, 0.15) is 52.0 Å². The van der Waals surface area contributed by atoms with Crippen LogP contribution in [0.5, 0.6) is 5.75 Å². The third kappa shape index (κ3) is 5.39. The summed E-state index contributed by atoms with van der Waals surface area (Å²) in [7, 11) is -0.993. The molecule has 5 rings (SSSR count). The van der Waals surface area contributed by atoms with Crippen molar-refractivity contribution in [2.24, 2.45) is 23.7 Å². The van der Waals surface area contributed by atoms with Gasteiger partial charge in [-0.25, -0.2) is 0 Å². The zero-order chi connectivity index (χ0) is 27.8. The minimum atomic E-state index is -0.993. The minimum Gasteiger partial charge on any atom is -0.507 e. The van der Waals surface area contributed by atoms with Crippen LogP contribution in [-0.2, 0) is 14.2 Å². The number of anilines is 1. The van der Waals surface area contributed by atoms with Gasteiger partial charge < -0.3 is 14.8 Å². The second-order valence-electron chi connectivity index (χ2n) is 11.1. The van der Waals surface area contributed by atoms with E-state index in [1.807, 2.05) is 30.3 Å². The lowest BCUT2D eigenvalue weighted by Gasteiger charge is -2.44. The Morgan fingerprint density at radius 3 is 2.59 bits per heavy atom. The quantitative estimate of drug-likeness (QED) is 0.221. The van der Waals surface area contributed by atoms with E-state index in [1.54, 1.807) is 24.3 Å². The molecule has 3 aliphatic rings. The number of para-hydroxylation sites is 1. The number of benzene rings is 2. The third-order valence-electron chi connectivity index (χ3n) is 8.49. The number of rotatable bonds is 7. The Morgan fingerprint density at radius 2 is 1.90 bits per heavy atom. The SMILES string of the molecule is CC/C(=C\c1cc(Br)ccc1O)CC[C@H]1OB(O)C[C@H]2C1=C(C(C)C)C[C@H]1C(=O)N(c3ccccc3)C(=O)[C@H]12. The molecule has 2 aliphatic heterocycles. The van der Waals surface area contributed by atoms with Crippen LogP contribution in [-0.4, -0.2) is 35.2 Å². The lowest BCUT2D eigenvalue weighted by atomic mass is 9.57. The minimum absolute atomic E-state index is 0.143. The first-order valence-corrected chi connectivity index (χ1v) is 14.7. The maximum atomic E-state index is 13.8. The fraction of sp³-hybridized carbons (Fsp3) is 0.419. The van der Waals surface area contributed by atoms with Crippen LogP contribution >= 0.6 is 15.9 Å². The standard InChI is InChI=1S/C31H35BBrNO5/c1-4-19(14-20-15-21(33)11-12-26(20)35)10-13-27-28-23(18(2)3)16-24-29(25(28)17-32(38)39-27)31(37)34(30(24)36)22-8-6-5-7-9-22/h5-9,11-12,14-15,18,24-25,27,29,35,38H,4,10,13,16-17H2,1-3H3/b19-14+/t24-,25+,27-,29-/m1/s1. The van der Waals surface area contributed by atoms with Crippen LogP contribution in [0.3, 0.4) is 0 Å². The highest BCUT2D eigenvalue weighted by atomic mass is 79.9. The molecule has 0 aromatic heterocycles. The molecule has 6 nitrogen and oxygen atoms in total. The van der Waals surface area contributed by atoms with E-state index in [9.17, 15) is 19.7 Å². The smallest absolute Gasteiger partial charge is 0.455 e. The van der Waals surface area contributed by atoms with Gasteiger partial charge >= 0.3 is 7.12 Å². The second-order valence-corrected chi connectivity index (χ2v) is 12.1. The van der Waals surface area contributed by atoms with Crippen molar-refractivity contribution >= 4 is 46.6 Å². The van der Waals surface area contributed by atoms with E-state index < -0.39 is 19.0 Å². The van der Waals surface area contributed by atoms with E-state index in [1.165, 1.54) is 10.5 Å². The van der Waals surface area contributed by atoms with Gasteiger partial charge in [-0.05, 0) is 79.7 Å². The molecular formula is C31H35BBrNO5. The first kappa shape index (κ1) is 27.9. The summed E-state index contributed by atoms with van der Waals surface area (Å²) in [6.45, 7) is 6.35. The monoisotopic (exact) mass is 591 g/mol. The van der Waals surface area contributed by atoms with Crippen LogP contribution in [0.15, 0.2) is 69.7 Å². The molecule has 1 aliphatic carbocycles. The summed E-state index contributed by atoms with van der Waals surface area (Å²) in [4.78, 5) is 28.7. The molecule has 0 radical (unpaired) electrons. The van der Waals surface area contributed by atoms with Gasteiger partial charge in [-0.3, -0.25) is 14.5 Å². The highest BCUT2D eigenvalue weighted by Crippen LogP contribution is 2.52. The van der Waals surface area contributed by atoms with E-state index in [0.29, 0.717) is 24.8 Å². The van der Waals surface area contributed by atoms with Crippen molar-refractivity contribution in [2.45, 2.75) is 58.9 Å². The van der Waals surface area contributed by atoms with Crippen LogP contribution < -0.4 is 4.90 Å². The van der Waals surface area contributed by atoms with Crippen LogP contribution in [0.2, 0.25) is 6.32 Å². The number of nitrogens with zero attached hydrogens (tertiary/aromatic N) is 1. The molecule has 2 aromatic rings. The number of aromatic hydroxyl groups is 1. The number of imide groups is 1. The summed E-state index contributed by atoms with van der Waals surface area (Å²) < 4.78 is 7.05. The van der Waals surface area contributed by atoms with Gasteiger partial charge in [0.05, 0.1) is 23.6 Å². The maximum Gasteiger partial charge on any atom is 0.455 e. The Labute approximate surface area is 239 Å². The van der Waals surface area contributed by atoms with Gasteiger partial charge in [0.25, 0.3) is 0 Å². The van der Waals surface area contributed by atoms with Gasteiger partial charge in [0.1, 0.15) is 5.75 Å². The van der Waals surface area contributed by atoms with Crippen molar-refractivity contribution in [3.8, 4) is 5.75 Å². The van der Waals surface area contributed by atoms with Gasteiger partial charge in [-0.15, -0.1) is 0 Å². The lowest BCUT2D eigenvalue weighted by molar-refractivity contribution is -0.122. The fourth-order valence-electron chi connectivity index (χ4n) is 6.61. The Hall–Kier alpha value is -2.68. The molecule has 0 unspecified atom stereocenters. The first-order chi connectivity index (χ1) is 18.7. The Balaban J connectivity index is 1.45. The molecule has 2 heterocycles. The summed E-state index contributed by atoms with van der Waals surface area (Å²) in [5.74, 6) is -1.04. The van der Waals surface area contributed by atoms with E-state index in [2.05, 4.69) is 36.7 Å². The molecule has 0 bridgehead atoms. The van der Waals surface area contributed by atoms with Crippen LogP contribution in [0, 0.1) is 23.7 Å². The average Bonchev–Trinajstić information content (AvgIpc) is 3.17. The number of fused-ring (bicyclic) bond motifs is 3. The Bertz CT molecular complexity index is 1320. The van der Waals surface area contributed by atoms with Crippen molar-refractivity contribution in [1.29, 1.82) is 0 Å². The number of allylic oxidation sites excluding steroid dienone is 2. The maximum absolute atomic E-state index is 13.8. The van der Waals surface area contributed by atoms with Crippen molar-refractivity contribution in [3.63, 3.8) is 0 Å². The number of phenols is 1. The molecule has 2 N–H and O–H groups in total. The van der Waals surface area contributed by atoms with Gasteiger partial charge in [0.15, 0.2) is 0 Å². The van der Waals surface area contributed by atoms with Crippen molar-refractivity contribution < 1.29 is 24.4 Å². The van der Waals surface area contributed by atoms with Gasteiger partial charge in [0, 0.05) is 10.0 Å². The van der Waals surface area contributed by atoms with E-state index in [0.717, 1.165) is 34.0 Å². The van der Waals surface area contributed by atoms with Gasteiger partial charge in [-0.2, -0.15) is 0 Å². The number of halogens is 1. The number of hydrogen-bond acceptors (Lipinski definition) is 5. The lowest BCUT2D eigenvalue weighted by Crippen LogP contribution is -2.46. The van der Waals surface area contributed by atoms with E-state index >= 15 is 0 Å². The highest BCUT2D eigenvalue weighted by molar-refractivity contribution is 9.10. The van der Waals surface area contributed by atoms with Crippen molar-refractivity contribution in [3.05, 3.63) is 75.3 Å². The normalized spacial score (nSPS) is 25.4. The molecule has 0 spiro atoms. The van der Waals surface area contributed by atoms with Crippen molar-refractivity contribution in [2.75, 3.05) is 4.90 Å². The number of phenolic OH excluding ortho intramolecular Hbond substituents is 1. The molecule has 204 valence electrons. The van der Waals surface area contributed by atoms with Gasteiger partial charge in [0.2, 0.25) is 11.8 Å². The average molecular weight is 592 g/mol. The molecular weight excluding hydrogens is 557 g/mol. The summed E-state index contributed by atoms with van der Waals surface area (Å²) in [5.41, 5.74) is 4.80. The Morgan fingerprint density at radius 1 is 1.15 bits per heavy atom. The second kappa shape index (κ2) is 11.4. The molecule has 4 atom stereocenters. The molecule has 2 saturated heterocycles. The Kier molecular flexibility index (Phi) is 8.17. The molecule has 8 heteroatoms. The largest absolute Gasteiger partial charge is 0.507 e. The van der Waals surface area contributed by atoms with E-state index in [-0.39, 0.29) is 35.5 Å².